The highest BCUT2D eigenvalue weighted by Gasteiger charge is 2.24. The van der Waals surface area contributed by atoms with Crippen LogP contribution < -0.4 is 10.6 Å². The summed E-state index contributed by atoms with van der Waals surface area (Å²) in [5.74, 6) is -0.938. The van der Waals surface area contributed by atoms with E-state index in [-0.39, 0.29) is 35.6 Å². The van der Waals surface area contributed by atoms with Crippen molar-refractivity contribution < 1.29 is 13.2 Å². The molecule has 2 aromatic carbocycles. The summed E-state index contributed by atoms with van der Waals surface area (Å²) in [4.78, 5) is 13.3. The number of nitrogens with one attached hydrogen (secondary N) is 2. The van der Waals surface area contributed by atoms with Crippen LogP contribution in [0.25, 0.3) is 22.6 Å². The molecule has 164 valence electrons. The van der Waals surface area contributed by atoms with Crippen molar-refractivity contribution in [3.63, 3.8) is 0 Å². The van der Waals surface area contributed by atoms with Crippen LogP contribution in [0.15, 0.2) is 48.7 Å². The van der Waals surface area contributed by atoms with Crippen molar-refractivity contribution in [2.75, 3.05) is 18.4 Å². The summed E-state index contributed by atoms with van der Waals surface area (Å²) < 4.78 is 44.9. The van der Waals surface area contributed by atoms with E-state index in [1.807, 2.05) is 0 Å². The van der Waals surface area contributed by atoms with Gasteiger partial charge in [-0.25, -0.2) is 23.1 Å². The molecule has 32 heavy (non-hydrogen) atoms. The molecule has 1 saturated heterocycles. The summed E-state index contributed by atoms with van der Waals surface area (Å²) >= 11 is 0. The summed E-state index contributed by atoms with van der Waals surface area (Å²) in [6, 6.07) is 10.2. The Bertz CT molecular complexity index is 1250. The first kappa shape index (κ1) is 20.4. The highest BCUT2D eigenvalue weighted by Crippen LogP contribution is 2.30. The molecule has 0 spiro atoms. The van der Waals surface area contributed by atoms with Gasteiger partial charge in [-0.3, -0.25) is 0 Å². The van der Waals surface area contributed by atoms with Gasteiger partial charge in [-0.05, 0) is 43.6 Å². The van der Waals surface area contributed by atoms with Gasteiger partial charge in [0.2, 0.25) is 5.95 Å². The van der Waals surface area contributed by atoms with E-state index in [2.05, 4.69) is 25.6 Å². The second kappa shape index (κ2) is 8.58. The van der Waals surface area contributed by atoms with Crippen LogP contribution >= 0.6 is 0 Å². The molecule has 0 radical (unpaired) electrons. The molecule has 4 aromatic rings. The van der Waals surface area contributed by atoms with Crippen LogP contribution in [0.2, 0.25) is 0 Å². The minimum Gasteiger partial charge on any atom is -0.350 e. The summed E-state index contributed by atoms with van der Waals surface area (Å²) in [6.45, 7) is 2.41. The molecule has 1 unspecified atom stereocenters. The van der Waals surface area contributed by atoms with Gasteiger partial charge in [-0.2, -0.15) is 4.98 Å². The zero-order valence-corrected chi connectivity index (χ0v) is 17.2. The number of aromatic nitrogens is 4. The largest absolute Gasteiger partial charge is 0.350 e. The van der Waals surface area contributed by atoms with Gasteiger partial charge in [0.05, 0.1) is 11.8 Å². The van der Waals surface area contributed by atoms with Crippen molar-refractivity contribution in [2.24, 2.45) is 5.92 Å². The second-order valence-electron chi connectivity index (χ2n) is 7.85. The molecular weight excluding hydrogens is 417 g/mol. The molecule has 6 nitrogen and oxygen atoms in total. The summed E-state index contributed by atoms with van der Waals surface area (Å²) in [5, 5.41) is 6.33. The van der Waals surface area contributed by atoms with Crippen molar-refractivity contribution >= 4 is 17.1 Å². The first-order valence-electron chi connectivity index (χ1n) is 10.5. The lowest BCUT2D eigenvalue weighted by Crippen LogP contribution is -2.16. The minimum atomic E-state index is -0.683. The quantitative estimate of drug-likeness (QED) is 0.474. The van der Waals surface area contributed by atoms with Crippen LogP contribution in [-0.2, 0) is 13.1 Å². The van der Waals surface area contributed by atoms with E-state index in [1.165, 1.54) is 30.5 Å². The average molecular weight is 438 g/mol. The highest BCUT2D eigenvalue weighted by molar-refractivity contribution is 5.77. The Hall–Kier alpha value is -3.46. The van der Waals surface area contributed by atoms with Gasteiger partial charge in [0, 0.05) is 18.7 Å². The maximum absolute atomic E-state index is 14.6. The molecule has 9 heteroatoms. The lowest BCUT2D eigenvalue weighted by atomic mass is 10.1. The van der Waals surface area contributed by atoms with Crippen LogP contribution in [0.1, 0.15) is 12.0 Å². The number of hydrogen-bond donors (Lipinski definition) is 2. The molecular formula is C23H21F3N6. The van der Waals surface area contributed by atoms with Crippen molar-refractivity contribution in [2.45, 2.75) is 19.5 Å². The molecule has 5 rings (SSSR count). The topological polar surface area (TPSA) is 67.7 Å². The number of anilines is 1. The zero-order valence-electron chi connectivity index (χ0n) is 17.2. The van der Waals surface area contributed by atoms with E-state index >= 15 is 0 Å². The van der Waals surface area contributed by atoms with Gasteiger partial charge in [-0.15, -0.1) is 0 Å². The van der Waals surface area contributed by atoms with Gasteiger partial charge < -0.3 is 15.2 Å². The molecule has 2 N–H and O–H groups in total. The normalized spacial score (nSPS) is 16.0. The molecule has 2 aromatic heterocycles. The number of fused-ring (bicyclic) bond motifs is 1. The summed E-state index contributed by atoms with van der Waals surface area (Å²) in [5.41, 5.74) is 1.21. The molecule has 1 aliphatic heterocycles. The second-order valence-corrected chi connectivity index (χ2v) is 7.85. The summed E-state index contributed by atoms with van der Waals surface area (Å²) in [6.07, 6.45) is 2.46. The van der Waals surface area contributed by atoms with Gasteiger partial charge in [0.25, 0.3) is 0 Å². The van der Waals surface area contributed by atoms with Crippen LogP contribution in [0, 0.1) is 23.4 Å². The van der Waals surface area contributed by atoms with E-state index < -0.39 is 11.6 Å². The third-order valence-corrected chi connectivity index (χ3v) is 5.67. The van der Waals surface area contributed by atoms with Crippen LogP contribution in [0.3, 0.4) is 0 Å². The fourth-order valence-corrected chi connectivity index (χ4v) is 4.02. The van der Waals surface area contributed by atoms with Gasteiger partial charge >= 0.3 is 0 Å². The third-order valence-electron chi connectivity index (χ3n) is 5.67. The smallest absolute Gasteiger partial charge is 0.225 e. The van der Waals surface area contributed by atoms with Crippen LogP contribution in [-0.4, -0.2) is 32.6 Å². The maximum atomic E-state index is 14.6. The summed E-state index contributed by atoms with van der Waals surface area (Å²) in [7, 11) is 0. The molecule has 1 aliphatic rings. The third kappa shape index (κ3) is 3.91. The monoisotopic (exact) mass is 438 g/mol. The number of halogens is 3. The molecule has 1 fully saturated rings. The van der Waals surface area contributed by atoms with E-state index in [9.17, 15) is 13.2 Å². The molecule has 0 amide bonds. The lowest BCUT2D eigenvalue weighted by molar-refractivity contribution is 0.488. The standard InChI is InChI=1S/C23H21F3N6/c24-16-5-2-1-4-15(16)11-28-23-29-12-19-21(31-23)32(13-14-8-9-27-10-14)22(30-19)20-17(25)6-3-7-18(20)26/h1-7,12,14,27H,8-11,13H2,(H,28,29,31). The SMILES string of the molecule is Fc1ccccc1CNc1ncc2nc(-c3c(F)cccc3F)n(CC3CCNC3)c2n1. The average Bonchev–Trinajstić information content (AvgIpc) is 3.42. The molecule has 0 bridgehead atoms. The zero-order chi connectivity index (χ0) is 22.1. The number of nitrogens with zero attached hydrogens (tertiary/aromatic N) is 4. The van der Waals surface area contributed by atoms with Crippen molar-refractivity contribution in [1.82, 2.24) is 24.8 Å². The fraction of sp³-hybridized carbons (Fsp3) is 0.261. The fourth-order valence-electron chi connectivity index (χ4n) is 4.02. The number of imidazole rings is 1. The Balaban J connectivity index is 1.55. The minimum absolute atomic E-state index is 0.183. The maximum Gasteiger partial charge on any atom is 0.225 e. The van der Waals surface area contributed by atoms with Crippen LogP contribution in [0.5, 0.6) is 0 Å². The highest BCUT2D eigenvalue weighted by atomic mass is 19.1. The first-order valence-corrected chi connectivity index (χ1v) is 10.5. The van der Waals surface area contributed by atoms with Crippen molar-refractivity contribution in [1.29, 1.82) is 0 Å². The molecule has 3 heterocycles. The Kier molecular flexibility index (Phi) is 5.48. The number of rotatable bonds is 6. The Labute approximate surface area is 182 Å². The lowest BCUT2D eigenvalue weighted by Gasteiger charge is -2.14. The Morgan fingerprint density at radius 1 is 1.00 bits per heavy atom. The molecule has 0 aliphatic carbocycles. The molecule has 0 saturated carbocycles. The van der Waals surface area contributed by atoms with E-state index in [0.29, 0.717) is 23.3 Å². The van der Waals surface area contributed by atoms with Gasteiger partial charge in [-0.1, -0.05) is 24.3 Å². The first-order chi connectivity index (χ1) is 15.6. The van der Waals surface area contributed by atoms with E-state index in [0.717, 1.165) is 19.5 Å². The van der Waals surface area contributed by atoms with Crippen molar-refractivity contribution in [3.05, 3.63) is 71.7 Å². The Morgan fingerprint density at radius 2 is 1.78 bits per heavy atom. The predicted octanol–water partition coefficient (Wildman–Crippen LogP) is 4.13. The predicted molar refractivity (Wildman–Crippen MR) is 115 cm³/mol. The van der Waals surface area contributed by atoms with Gasteiger partial charge in [0.1, 0.15) is 28.8 Å². The van der Waals surface area contributed by atoms with E-state index in [4.69, 9.17) is 0 Å². The van der Waals surface area contributed by atoms with Gasteiger partial charge in [0.15, 0.2) is 5.65 Å². The number of hydrogen-bond acceptors (Lipinski definition) is 5. The Morgan fingerprint density at radius 3 is 2.53 bits per heavy atom. The number of benzene rings is 2. The van der Waals surface area contributed by atoms with E-state index in [1.54, 1.807) is 22.8 Å². The van der Waals surface area contributed by atoms with Crippen LogP contribution in [0.4, 0.5) is 19.1 Å². The molecule has 1 atom stereocenters. The van der Waals surface area contributed by atoms with Crippen molar-refractivity contribution in [3.8, 4) is 11.4 Å².